The number of anilines is 1. The van der Waals surface area contributed by atoms with Crippen molar-refractivity contribution < 1.29 is 14.3 Å². The van der Waals surface area contributed by atoms with Crippen LogP contribution in [0.5, 0.6) is 5.75 Å². The van der Waals surface area contributed by atoms with E-state index in [0.29, 0.717) is 12.1 Å². The largest absolute Gasteiger partial charge is 0.508 e. The van der Waals surface area contributed by atoms with Gasteiger partial charge in [-0.25, -0.2) is 4.79 Å². The number of rotatable bonds is 5. The van der Waals surface area contributed by atoms with Crippen molar-refractivity contribution in [2.24, 2.45) is 0 Å². The number of likely N-dealkylation sites (N-methyl/N-ethyl adjacent to an activating group) is 1. The smallest absolute Gasteiger partial charge is 0.336 e. The molecule has 3 rings (SSSR count). The van der Waals surface area contributed by atoms with E-state index in [1.54, 1.807) is 12.1 Å². The number of fused-ring (bicyclic) bond motifs is 1. The SMILES string of the molecule is Cc1cccc(NC(=O)CN(C)Cc2cc(=O)oc3cc(O)ccc23)c1C. The highest BCUT2D eigenvalue weighted by molar-refractivity contribution is 5.93. The lowest BCUT2D eigenvalue weighted by Gasteiger charge is -2.18. The van der Waals surface area contributed by atoms with Gasteiger partial charge < -0.3 is 14.8 Å². The van der Waals surface area contributed by atoms with E-state index in [4.69, 9.17) is 4.42 Å². The number of carbonyl (C=O) groups excluding carboxylic acids is 1. The van der Waals surface area contributed by atoms with E-state index in [1.165, 1.54) is 12.1 Å². The molecule has 0 spiro atoms. The number of hydrogen-bond acceptors (Lipinski definition) is 5. The summed E-state index contributed by atoms with van der Waals surface area (Å²) >= 11 is 0. The van der Waals surface area contributed by atoms with Crippen molar-refractivity contribution >= 4 is 22.6 Å². The van der Waals surface area contributed by atoms with Crippen LogP contribution in [0.4, 0.5) is 5.69 Å². The average molecular weight is 366 g/mol. The summed E-state index contributed by atoms with van der Waals surface area (Å²) < 4.78 is 5.14. The van der Waals surface area contributed by atoms with Gasteiger partial charge in [-0.2, -0.15) is 0 Å². The lowest BCUT2D eigenvalue weighted by Crippen LogP contribution is -2.30. The summed E-state index contributed by atoms with van der Waals surface area (Å²) in [4.78, 5) is 26.0. The van der Waals surface area contributed by atoms with Gasteiger partial charge in [-0.15, -0.1) is 0 Å². The average Bonchev–Trinajstić information content (AvgIpc) is 2.58. The predicted molar refractivity (Wildman–Crippen MR) is 105 cm³/mol. The van der Waals surface area contributed by atoms with E-state index in [0.717, 1.165) is 27.8 Å². The number of nitrogens with one attached hydrogen (secondary N) is 1. The number of carbonyl (C=O) groups is 1. The fraction of sp³-hybridized carbons (Fsp3) is 0.238. The minimum absolute atomic E-state index is 0.0315. The normalized spacial score (nSPS) is 11.1. The first-order chi connectivity index (χ1) is 12.8. The van der Waals surface area contributed by atoms with E-state index in [1.807, 2.05) is 44.0 Å². The minimum Gasteiger partial charge on any atom is -0.508 e. The molecule has 1 amide bonds. The maximum atomic E-state index is 12.4. The number of phenolic OH excluding ortho intramolecular Hbond substituents is 1. The monoisotopic (exact) mass is 366 g/mol. The summed E-state index contributed by atoms with van der Waals surface area (Å²) in [5.74, 6) is -0.0971. The third kappa shape index (κ3) is 4.35. The van der Waals surface area contributed by atoms with Crippen molar-refractivity contribution in [3.8, 4) is 5.75 Å². The highest BCUT2D eigenvalue weighted by atomic mass is 16.4. The Labute approximate surface area is 157 Å². The second-order valence-electron chi connectivity index (χ2n) is 6.74. The van der Waals surface area contributed by atoms with Crippen molar-refractivity contribution in [2.45, 2.75) is 20.4 Å². The molecule has 1 aromatic heterocycles. The highest BCUT2D eigenvalue weighted by Gasteiger charge is 2.12. The van der Waals surface area contributed by atoms with Gasteiger partial charge >= 0.3 is 5.63 Å². The molecule has 2 aromatic carbocycles. The number of benzene rings is 2. The number of phenols is 1. The molecule has 27 heavy (non-hydrogen) atoms. The van der Waals surface area contributed by atoms with Gasteiger partial charge in [-0.05, 0) is 55.8 Å². The molecule has 2 N–H and O–H groups in total. The van der Waals surface area contributed by atoms with Gasteiger partial charge in [0.1, 0.15) is 11.3 Å². The molecule has 0 aliphatic carbocycles. The second-order valence-corrected chi connectivity index (χ2v) is 6.74. The van der Waals surface area contributed by atoms with Crippen LogP contribution in [0.1, 0.15) is 16.7 Å². The van der Waals surface area contributed by atoms with Crippen LogP contribution < -0.4 is 10.9 Å². The lowest BCUT2D eigenvalue weighted by molar-refractivity contribution is -0.117. The predicted octanol–water partition coefficient (Wildman–Crippen LogP) is 3.19. The Morgan fingerprint density at radius 2 is 1.96 bits per heavy atom. The molecular weight excluding hydrogens is 344 g/mol. The Bertz CT molecular complexity index is 1060. The first-order valence-electron chi connectivity index (χ1n) is 8.64. The molecule has 1 heterocycles. The fourth-order valence-corrected chi connectivity index (χ4v) is 3.02. The van der Waals surface area contributed by atoms with Gasteiger partial charge in [0, 0.05) is 29.8 Å². The topological polar surface area (TPSA) is 82.8 Å². The number of amides is 1. The zero-order chi connectivity index (χ0) is 19.6. The summed E-state index contributed by atoms with van der Waals surface area (Å²) in [6, 6.07) is 11.9. The van der Waals surface area contributed by atoms with Gasteiger partial charge in [-0.3, -0.25) is 9.69 Å². The van der Waals surface area contributed by atoms with E-state index in [2.05, 4.69) is 5.32 Å². The summed E-state index contributed by atoms with van der Waals surface area (Å²) in [5.41, 5.74) is 3.53. The molecule has 0 atom stereocenters. The second kappa shape index (κ2) is 7.63. The third-order valence-electron chi connectivity index (χ3n) is 4.55. The molecule has 140 valence electrons. The highest BCUT2D eigenvalue weighted by Crippen LogP contribution is 2.22. The number of hydrogen-bond donors (Lipinski definition) is 2. The van der Waals surface area contributed by atoms with Gasteiger partial charge in [0.2, 0.25) is 5.91 Å². The van der Waals surface area contributed by atoms with E-state index in [9.17, 15) is 14.7 Å². The first kappa shape index (κ1) is 18.7. The molecule has 6 nitrogen and oxygen atoms in total. The molecule has 0 radical (unpaired) electrons. The van der Waals surface area contributed by atoms with Crippen molar-refractivity contribution in [3.05, 3.63) is 69.6 Å². The van der Waals surface area contributed by atoms with Crippen LogP contribution in [0.2, 0.25) is 0 Å². The summed E-state index contributed by atoms with van der Waals surface area (Å²) in [5, 5.41) is 13.2. The van der Waals surface area contributed by atoms with Gasteiger partial charge in [0.05, 0.1) is 6.54 Å². The molecule has 0 aliphatic rings. The molecular formula is C21H22N2O4. The van der Waals surface area contributed by atoms with Crippen molar-refractivity contribution in [3.63, 3.8) is 0 Å². The first-order valence-corrected chi connectivity index (χ1v) is 8.64. The van der Waals surface area contributed by atoms with Crippen molar-refractivity contribution in [1.29, 1.82) is 0 Å². The number of nitrogens with zero attached hydrogens (tertiary/aromatic N) is 1. The Hall–Kier alpha value is -3.12. The maximum absolute atomic E-state index is 12.4. The van der Waals surface area contributed by atoms with Gasteiger partial charge in [0.25, 0.3) is 0 Å². The molecule has 0 saturated carbocycles. The quantitative estimate of drug-likeness (QED) is 0.678. The van der Waals surface area contributed by atoms with Crippen LogP contribution in [0.3, 0.4) is 0 Å². The fourth-order valence-electron chi connectivity index (χ4n) is 3.02. The molecule has 0 fully saturated rings. The summed E-state index contributed by atoms with van der Waals surface area (Å²) in [6.45, 7) is 4.54. The molecule has 3 aromatic rings. The number of aromatic hydroxyl groups is 1. The number of aryl methyl sites for hydroxylation is 1. The van der Waals surface area contributed by atoms with E-state index >= 15 is 0 Å². The van der Waals surface area contributed by atoms with Crippen LogP contribution in [0.25, 0.3) is 11.0 Å². The van der Waals surface area contributed by atoms with Crippen LogP contribution >= 0.6 is 0 Å². The van der Waals surface area contributed by atoms with Gasteiger partial charge in [0.15, 0.2) is 0 Å². The molecule has 0 aliphatic heterocycles. The molecule has 0 bridgehead atoms. The standard InChI is InChI=1S/C21H22N2O4/c1-13-5-4-6-18(14(13)2)22-20(25)12-23(3)11-15-9-21(26)27-19-10-16(24)7-8-17(15)19/h4-10,24H,11-12H2,1-3H3,(H,22,25). The van der Waals surface area contributed by atoms with Crippen LogP contribution in [0.15, 0.2) is 51.7 Å². The molecule has 0 unspecified atom stereocenters. The Morgan fingerprint density at radius 3 is 2.74 bits per heavy atom. The van der Waals surface area contributed by atoms with Crippen LogP contribution in [-0.4, -0.2) is 29.5 Å². The third-order valence-corrected chi connectivity index (χ3v) is 4.55. The van der Waals surface area contributed by atoms with Crippen LogP contribution in [0, 0.1) is 13.8 Å². The Kier molecular flexibility index (Phi) is 5.28. The van der Waals surface area contributed by atoms with E-state index in [-0.39, 0.29) is 18.2 Å². The maximum Gasteiger partial charge on any atom is 0.336 e. The zero-order valence-corrected chi connectivity index (χ0v) is 15.6. The van der Waals surface area contributed by atoms with Crippen molar-refractivity contribution in [2.75, 3.05) is 18.9 Å². The Morgan fingerprint density at radius 1 is 1.19 bits per heavy atom. The molecule has 6 heteroatoms. The Balaban J connectivity index is 1.73. The van der Waals surface area contributed by atoms with Crippen molar-refractivity contribution in [1.82, 2.24) is 4.90 Å². The van der Waals surface area contributed by atoms with Crippen LogP contribution in [-0.2, 0) is 11.3 Å². The van der Waals surface area contributed by atoms with E-state index < -0.39 is 5.63 Å². The molecule has 0 saturated heterocycles. The zero-order valence-electron chi connectivity index (χ0n) is 15.6. The van der Waals surface area contributed by atoms with Gasteiger partial charge in [-0.1, -0.05) is 12.1 Å². The summed E-state index contributed by atoms with van der Waals surface area (Å²) in [6.07, 6.45) is 0. The summed E-state index contributed by atoms with van der Waals surface area (Å²) in [7, 11) is 1.81. The lowest BCUT2D eigenvalue weighted by atomic mass is 10.1. The minimum atomic E-state index is -0.490.